The van der Waals surface area contributed by atoms with Gasteiger partial charge in [-0.05, 0) is 30.5 Å². The molecule has 6 nitrogen and oxygen atoms in total. The summed E-state index contributed by atoms with van der Waals surface area (Å²) >= 11 is 0. The summed E-state index contributed by atoms with van der Waals surface area (Å²) in [6.07, 6.45) is 5.39. The van der Waals surface area contributed by atoms with Crippen molar-refractivity contribution < 1.29 is 13.9 Å². The lowest BCUT2D eigenvalue weighted by Crippen LogP contribution is -2.52. The van der Waals surface area contributed by atoms with Crippen LogP contribution in [0.3, 0.4) is 0 Å². The molecule has 2 aliphatic heterocycles. The van der Waals surface area contributed by atoms with Crippen molar-refractivity contribution in [2.75, 3.05) is 26.2 Å². The number of amides is 2. The number of hydrogen-bond donors (Lipinski definition) is 1. The van der Waals surface area contributed by atoms with Crippen molar-refractivity contribution >= 4 is 6.03 Å². The highest BCUT2D eigenvalue weighted by molar-refractivity contribution is 5.76. The molecule has 2 amide bonds. The average molecular weight is 432 g/mol. The Balaban J connectivity index is 1.46. The fraction of sp³-hybridized carbons (Fsp3) is 0.346. The zero-order valence-electron chi connectivity index (χ0n) is 18.2. The number of likely N-dealkylation sites (tertiary alicyclic amines) is 1. The Morgan fingerprint density at radius 1 is 0.969 bits per heavy atom. The fourth-order valence-corrected chi connectivity index (χ4v) is 4.86. The van der Waals surface area contributed by atoms with Crippen molar-refractivity contribution in [3.63, 3.8) is 0 Å². The normalized spacial score (nSPS) is 20.4. The minimum atomic E-state index is -0.198. The van der Waals surface area contributed by atoms with Crippen LogP contribution in [0.25, 0.3) is 0 Å². The molecule has 1 saturated heterocycles. The Labute approximate surface area is 188 Å². The maximum absolute atomic E-state index is 13.5. The minimum Gasteiger partial charge on any atom is -0.491 e. The maximum Gasteiger partial charge on any atom is 0.318 e. The highest BCUT2D eigenvalue weighted by Gasteiger charge is 2.36. The number of carbonyl (C=O) groups excluding carboxylic acids is 1. The molecule has 1 fully saturated rings. The molecule has 2 aromatic carbocycles. The smallest absolute Gasteiger partial charge is 0.318 e. The van der Waals surface area contributed by atoms with E-state index < -0.39 is 0 Å². The van der Waals surface area contributed by atoms with Crippen molar-refractivity contribution in [1.82, 2.24) is 15.1 Å². The summed E-state index contributed by atoms with van der Waals surface area (Å²) in [7, 11) is 0. The van der Waals surface area contributed by atoms with Gasteiger partial charge < -0.3 is 19.4 Å². The molecular formula is C26H29N3O3. The van der Waals surface area contributed by atoms with E-state index in [0.717, 1.165) is 49.4 Å². The molecule has 5 rings (SSSR count). The van der Waals surface area contributed by atoms with Crippen LogP contribution in [-0.2, 0) is 6.54 Å². The van der Waals surface area contributed by atoms with Gasteiger partial charge in [0, 0.05) is 36.8 Å². The second-order valence-electron chi connectivity index (χ2n) is 8.48. The van der Waals surface area contributed by atoms with Crippen LogP contribution in [-0.4, -0.2) is 48.1 Å². The number of rotatable bonds is 4. The Kier molecular flexibility index (Phi) is 6.12. The molecule has 0 radical (unpaired) electrons. The zero-order valence-corrected chi connectivity index (χ0v) is 18.2. The number of para-hydroxylation sites is 1. The van der Waals surface area contributed by atoms with Crippen molar-refractivity contribution in [2.45, 2.75) is 31.5 Å². The van der Waals surface area contributed by atoms with Gasteiger partial charge in [-0.15, -0.1) is 0 Å². The van der Waals surface area contributed by atoms with Gasteiger partial charge in [-0.2, -0.15) is 0 Å². The van der Waals surface area contributed by atoms with Gasteiger partial charge in [0.2, 0.25) is 0 Å². The molecule has 2 aliphatic rings. The highest BCUT2D eigenvalue weighted by Crippen LogP contribution is 2.38. The Bertz CT molecular complexity index is 1010. The number of furan rings is 1. The molecule has 3 aromatic rings. The summed E-state index contributed by atoms with van der Waals surface area (Å²) in [5.74, 6) is 0.847. The van der Waals surface area contributed by atoms with E-state index in [9.17, 15) is 4.79 Å². The third-order valence-electron chi connectivity index (χ3n) is 6.41. The number of urea groups is 1. The van der Waals surface area contributed by atoms with E-state index >= 15 is 0 Å². The van der Waals surface area contributed by atoms with Gasteiger partial charge in [0.05, 0.1) is 25.1 Å². The Hall–Kier alpha value is -3.25. The van der Waals surface area contributed by atoms with Crippen LogP contribution in [0.4, 0.5) is 4.79 Å². The second kappa shape index (κ2) is 9.49. The maximum atomic E-state index is 13.5. The lowest BCUT2D eigenvalue weighted by molar-refractivity contribution is 0.101. The number of fused-ring (bicyclic) bond motifs is 1. The molecule has 0 aliphatic carbocycles. The molecule has 1 atom stereocenters. The Morgan fingerprint density at radius 3 is 2.53 bits per heavy atom. The second-order valence-corrected chi connectivity index (χ2v) is 8.48. The monoisotopic (exact) mass is 431 g/mol. The lowest BCUT2D eigenvalue weighted by atomic mass is 9.92. The van der Waals surface area contributed by atoms with Crippen molar-refractivity contribution in [2.24, 2.45) is 0 Å². The predicted molar refractivity (Wildman–Crippen MR) is 122 cm³/mol. The van der Waals surface area contributed by atoms with Gasteiger partial charge in [-0.25, -0.2) is 4.79 Å². The third-order valence-corrected chi connectivity index (χ3v) is 6.41. The number of nitrogens with one attached hydrogen (secondary N) is 1. The lowest BCUT2D eigenvalue weighted by Gasteiger charge is -2.42. The summed E-state index contributed by atoms with van der Waals surface area (Å²) in [5, 5.41) is 3.09. The summed E-state index contributed by atoms with van der Waals surface area (Å²) in [6.45, 7) is 3.72. The van der Waals surface area contributed by atoms with E-state index in [2.05, 4.69) is 33.3 Å². The quantitative estimate of drug-likeness (QED) is 0.664. The number of benzene rings is 2. The molecule has 0 saturated carbocycles. The SMILES string of the molecule is O=C1NCCOc2ccccc2C(c2ccccc2)N1C1CCN(Cc2ccoc2)CC1. The molecule has 3 heterocycles. The van der Waals surface area contributed by atoms with Gasteiger partial charge in [-0.1, -0.05) is 48.5 Å². The number of carbonyl (C=O) groups is 1. The van der Waals surface area contributed by atoms with Gasteiger partial charge in [0.25, 0.3) is 0 Å². The van der Waals surface area contributed by atoms with Crippen molar-refractivity contribution in [1.29, 1.82) is 0 Å². The van der Waals surface area contributed by atoms with Gasteiger partial charge >= 0.3 is 6.03 Å². The van der Waals surface area contributed by atoms with Gasteiger partial charge in [-0.3, -0.25) is 4.90 Å². The standard InChI is InChI=1S/C26H29N3O3/c30-26-27-13-17-32-24-9-5-4-8-23(24)25(21-6-2-1-3-7-21)29(26)22-10-14-28(15-11-22)18-20-12-16-31-19-20/h1-9,12,16,19,22,25H,10-11,13-15,17-18H2,(H,27,30). The molecule has 0 bridgehead atoms. The number of hydrogen-bond acceptors (Lipinski definition) is 4. The number of nitrogens with zero attached hydrogens (tertiary/aromatic N) is 2. The number of piperidine rings is 1. The van der Waals surface area contributed by atoms with Crippen LogP contribution in [0.1, 0.15) is 35.6 Å². The summed E-state index contributed by atoms with van der Waals surface area (Å²) in [6, 6.07) is 20.4. The van der Waals surface area contributed by atoms with Gasteiger partial charge in [0.15, 0.2) is 0 Å². The molecular weight excluding hydrogens is 402 g/mol. The zero-order chi connectivity index (χ0) is 21.8. The van der Waals surface area contributed by atoms with E-state index in [1.54, 1.807) is 6.26 Å². The van der Waals surface area contributed by atoms with Crippen LogP contribution in [0.2, 0.25) is 0 Å². The highest BCUT2D eigenvalue weighted by atomic mass is 16.5. The van der Waals surface area contributed by atoms with Gasteiger partial charge in [0.1, 0.15) is 12.4 Å². The molecule has 166 valence electrons. The van der Waals surface area contributed by atoms with E-state index in [-0.39, 0.29) is 18.1 Å². The first kappa shape index (κ1) is 20.6. The first-order valence-corrected chi connectivity index (χ1v) is 11.4. The predicted octanol–water partition coefficient (Wildman–Crippen LogP) is 4.44. The molecule has 1 aromatic heterocycles. The van der Waals surface area contributed by atoms with Crippen LogP contribution >= 0.6 is 0 Å². The summed E-state index contributed by atoms with van der Waals surface area (Å²) in [4.78, 5) is 18.0. The molecule has 6 heteroatoms. The number of ether oxygens (including phenoxy) is 1. The molecule has 32 heavy (non-hydrogen) atoms. The van der Waals surface area contributed by atoms with Crippen molar-refractivity contribution in [3.05, 3.63) is 89.9 Å². The third kappa shape index (κ3) is 4.36. The first-order valence-electron chi connectivity index (χ1n) is 11.4. The fourth-order valence-electron chi connectivity index (χ4n) is 4.86. The molecule has 1 N–H and O–H groups in total. The summed E-state index contributed by atoms with van der Waals surface area (Å²) < 4.78 is 11.3. The van der Waals surface area contributed by atoms with Crippen LogP contribution < -0.4 is 10.1 Å². The Morgan fingerprint density at radius 2 is 1.75 bits per heavy atom. The van der Waals surface area contributed by atoms with E-state index in [1.807, 2.05) is 48.7 Å². The van der Waals surface area contributed by atoms with E-state index in [0.29, 0.717) is 13.2 Å². The van der Waals surface area contributed by atoms with E-state index in [1.165, 1.54) is 5.56 Å². The average Bonchev–Trinajstić information content (AvgIpc) is 3.36. The van der Waals surface area contributed by atoms with Crippen LogP contribution in [0.15, 0.2) is 77.6 Å². The van der Waals surface area contributed by atoms with Crippen LogP contribution in [0, 0.1) is 0 Å². The van der Waals surface area contributed by atoms with E-state index in [4.69, 9.17) is 9.15 Å². The topological polar surface area (TPSA) is 58.0 Å². The largest absolute Gasteiger partial charge is 0.491 e. The molecule has 1 unspecified atom stereocenters. The summed E-state index contributed by atoms with van der Waals surface area (Å²) in [5.41, 5.74) is 3.33. The minimum absolute atomic E-state index is 0.0209. The van der Waals surface area contributed by atoms with Crippen LogP contribution in [0.5, 0.6) is 5.75 Å². The van der Waals surface area contributed by atoms with Crippen molar-refractivity contribution in [3.8, 4) is 5.75 Å². The molecule has 0 spiro atoms. The first-order chi connectivity index (χ1) is 15.8.